The number of aromatic nitrogens is 4. The van der Waals surface area contributed by atoms with Gasteiger partial charge in [-0.3, -0.25) is 19.7 Å². The number of benzene rings is 1. The molecule has 42 heavy (non-hydrogen) atoms. The van der Waals surface area contributed by atoms with E-state index in [4.69, 9.17) is 10.5 Å². The van der Waals surface area contributed by atoms with Gasteiger partial charge in [0, 0.05) is 67.2 Å². The maximum absolute atomic E-state index is 13.5. The molecule has 9 heteroatoms. The first kappa shape index (κ1) is 27.4. The minimum Gasteiger partial charge on any atom is -0.383 e. The number of fused-ring (bicyclic) bond motifs is 1. The van der Waals surface area contributed by atoms with Crippen LogP contribution in [0.1, 0.15) is 5.56 Å². The number of hydrogen-bond acceptors (Lipinski definition) is 7. The molecule has 2 saturated heterocycles. The Labute approximate surface area is 244 Å². The summed E-state index contributed by atoms with van der Waals surface area (Å²) in [6, 6.07) is 19.7. The van der Waals surface area contributed by atoms with Crippen LogP contribution in [-0.2, 0) is 11.3 Å². The van der Waals surface area contributed by atoms with Crippen LogP contribution < -0.4 is 5.73 Å². The lowest BCUT2D eigenvalue weighted by molar-refractivity contribution is -0.107. The molecule has 5 aromatic rings. The molecule has 2 fully saturated rings. The largest absolute Gasteiger partial charge is 0.383 e. The molecule has 6 heterocycles. The number of nitrogens with zero attached hydrogens (tertiary/aromatic N) is 6. The summed E-state index contributed by atoms with van der Waals surface area (Å²) in [5, 5.41) is 0.967. The molecule has 0 bridgehead atoms. The van der Waals surface area contributed by atoms with Crippen LogP contribution in [0.25, 0.3) is 39.2 Å². The van der Waals surface area contributed by atoms with Gasteiger partial charge >= 0.3 is 0 Å². The average molecular weight is 562 g/mol. The summed E-state index contributed by atoms with van der Waals surface area (Å²) < 4.78 is 15.7. The van der Waals surface area contributed by atoms with Crippen molar-refractivity contribution < 1.29 is 9.18 Å². The van der Waals surface area contributed by atoms with Gasteiger partial charge in [0.1, 0.15) is 17.9 Å². The van der Waals surface area contributed by atoms with Gasteiger partial charge in [0.25, 0.3) is 0 Å². The topological polar surface area (TPSA) is 93.2 Å². The van der Waals surface area contributed by atoms with Crippen molar-refractivity contribution in [3.8, 4) is 28.3 Å². The number of nitrogen functional groups attached to an aromatic ring is 1. The van der Waals surface area contributed by atoms with Crippen LogP contribution in [0, 0.1) is 11.2 Å². The molecule has 4 aromatic heterocycles. The Hall–Kier alpha value is -4.73. The number of allylic oxidation sites excluding steroid dienone is 1. The summed E-state index contributed by atoms with van der Waals surface area (Å²) in [7, 11) is 2.19. The van der Waals surface area contributed by atoms with Crippen LogP contribution in [0.5, 0.6) is 0 Å². The van der Waals surface area contributed by atoms with Crippen molar-refractivity contribution in [1.29, 1.82) is 0 Å². The molecule has 0 radical (unpaired) electrons. The van der Waals surface area contributed by atoms with Crippen molar-refractivity contribution in [2.45, 2.75) is 6.54 Å². The van der Waals surface area contributed by atoms with Crippen molar-refractivity contribution in [2.24, 2.45) is 5.41 Å². The molecule has 2 N–H and O–H groups in total. The van der Waals surface area contributed by atoms with Gasteiger partial charge in [-0.05, 0) is 67.2 Å². The van der Waals surface area contributed by atoms with Gasteiger partial charge in [0.05, 0.1) is 28.8 Å². The SMILES string of the molecule is C=CC=O.CN1CC2(C1)CN(Cc1ccc(-n3c(-c4cccnc4N)cc4cnc(-c5ccc(F)cn5)cc43)cc1)C2. The highest BCUT2D eigenvalue weighted by Crippen LogP contribution is 2.39. The molecule has 2 aliphatic rings. The van der Waals surface area contributed by atoms with Crippen molar-refractivity contribution in [1.82, 2.24) is 29.3 Å². The van der Waals surface area contributed by atoms with Crippen molar-refractivity contribution in [3.05, 3.63) is 103 Å². The molecule has 0 atom stereocenters. The van der Waals surface area contributed by atoms with E-state index in [1.165, 1.54) is 50.1 Å². The first-order chi connectivity index (χ1) is 20.4. The summed E-state index contributed by atoms with van der Waals surface area (Å²) in [5.41, 5.74) is 13.2. The Balaban J connectivity index is 0.000000744. The molecular weight excluding hydrogens is 529 g/mol. The summed E-state index contributed by atoms with van der Waals surface area (Å²) in [6.07, 6.45) is 6.57. The van der Waals surface area contributed by atoms with E-state index in [0.717, 1.165) is 34.4 Å². The monoisotopic (exact) mass is 561 g/mol. The summed E-state index contributed by atoms with van der Waals surface area (Å²) in [5.74, 6) is 0.0935. The Morgan fingerprint density at radius 1 is 0.976 bits per heavy atom. The number of nitrogens with two attached hydrogens (primary N) is 1. The van der Waals surface area contributed by atoms with Gasteiger partial charge in [-0.2, -0.15) is 0 Å². The van der Waals surface area contributed by atoms with Gasteiger partial charge in [-0.1, -0.05) is 18.7 Å². The van der Waals surface area contributed by atoms with Crippen LogP contribution in [-0.4, -0.2) is 68.8 Å². The second-order valence-electron chi connectivity index (χ2n) is 11.1. The second kappa shape index (κ2) is 11.3. The van der Waals surface area contributed by atoms with Gasteiger partial charge < -0.3 is 15.2 Å². The second-order valence-corrected chi connectivity index (χ2v) is 11.1. The number of likely N-dealkylation sites (tertiary alicyclic amines) is 2. The van der Waals surface area contributed by atoms with Crippen molar-refractivity contribution >= 4 is 23.0 Å². The van der Waals surface area contributed by atoms with E-state index in [-0.39, 0.29) is 5.82 Å². The smallest absolute Gasteiger partial charge is 0.142 e. The molecule has 2 aliphatic heterocycles. The highest BCUT2D eigenvalue weighted by molar-refractivity contribution is 5.92. The number of anilines is 1. The molecule has 8 nitrogen and oxygen atoms in total. The van der Waals surface area contributed by atoms with Gasteiger partial charge in [-0.15, -0.1) is 0 Å². The molecular formula is C33H32FN7O. The fraction of sp³-hybridized carbons (Fsp3) is 0.212. The third-order valence-electron chi connectivity index (χ3n) is 7.82. The van der Waals surface area contributed by atoms with E-state index in [1.54, 1.807) is 12.3 Å². The summed E-state index contributed by atoms with van der Waals surface area (Å²) >= 11 is 0. The molecule has 0 aliphatic carbocycles. The lowest BCUT2D eigenvalue weighted by Crippen LogP contribution is -2.70. The molecule has 0 amide bonds. The third-order valence-corrected chi connectivity index (χ3v) is 7.82. The summed E-state index contributed by atoms with van der Waals surface area (Å²) in [6.45, 7) is 8.87. The highest BCUT2D eigenvalue weighted by atomic mass is 19.1. The molecule has 212 valence electrons. The Bertz CT molecular complexity index is 1730. The zero-order valence-corrected chi connectivity index (χ0v) is 23.4. The number of halogens is 1. The zero-order chi connectivity index (χ0) is 29.3. The Morgan fingerprint density at radius 3 is 2.36 bits per heavy atom. The minimum absolute atomic E-state index is 0.374. The first-order valence-electron chi connectivity index (χ1n) is 13.8. The van der Waals surface area contributed by atoms with Gasteiger partial charge in [0.2, 0.25) is 0 Å². The average Bonchev–Trinajstić information content (AvgIpc) is 3.35. The van der Waals surface area contributed by atoms with E-state index >= 15 is 0 Å². The molecule has 0 unspecified atom stereocenters. The fourth-order valence-corrected chi connectivity index (χ4v) is 6.20. The molecule has 0 saturated carbocycles. The fourth-order valence-electron chi connectivity index (χ4n) is 6.20. The highest BCUT2D eigenvalue weighted by Gasteiger charge is 2.49. The van der Waals surface area contributed by atoms with Gasteiger partial charge in [0.15, 0.2) is 0 Å². The van der Waals surface area contributed by atoms with E-state index in [9.17, 15) is 4.39 Å². The third kappa shape index (κ3) is 5.32. The van der Waals surface area contributed by atoms with E-state index in [0.29, 0.717) is 28.9 Å². The maximum atomic E-state index is 13.5. The normalized spacial score (nSPS) is 15.9. The number of carbonyl (C=O) groups is 1. The van der Waals surface area contributed by atoms with E-state index in [2.05, 4.69) is 73.3 Å². The zero-order valence-electron chi connectivity index (χ0n) is 23.4. The minimum atomic E-state index is -0.374. The van der Waals surface area contributed by atoms with Crippen LogP contribution in [0.4, 0.5) is 10.2 Å². The number of pyridine rings is 3. The predicted octanol–water partition coefficient (Wildman–Crippen LogP) is 4.99. The Morgan fingerprint density at radius 2 is 1.71 bits per heavy atom. The Kier molecular flexibility index (Phi) is 7.36. The van der Waals surface area contributed by atoms with Crippen molar-refractivity contribution in [3.63, 3.8) is 0 Å². The summed E-state index contributed by atoms with van der Waals surface area (Å²) in [4.78, 5) is 27.1. The number of carbonyl (C=O) groups excluding carboxylic acids is 1. The van der Waals surface area contributed by atoms with Gasteiger partial charge in [-0.25, -0.2) is 9.37 Å². The van der Waals surface area contributed by atoms with Crippen LogP contribution >= 0.6 is 0 Å². The molecule has 7 rings (SSSR count). The quantitative estimate of drug-likeness (QED) is 0.231. The van der Waals surface area contributed by atoms with E-state index < -0.39 is 0 Å². The van der Waals surface area contributed by atoms with Crippen LogP contribution in [0.2, 0.25) is 0 Å². The first-order valence-corrected chi connectivity index (χ1v) is 13.8. The lowest BCUT2D eigenvalue weighted by Gasteiger charge is -2.59. The molecule has 1 spiro atoms. The van der Waals surface area contributed by atoms with Crippen LogP contribution in [0.3, 0.4) is 0 Å². The standard InChI is InChI=1S/C30H28FN7.C3H4O/c1-36-16-30(17-36)18-37(19-30)15-20-4-7-23(8-5-20)38-27-12-26(25-9-6-22(31)14-35-25)34-13-21(27)11-28(38)24-3-2-10-33-29(24)32;1-2-3-4/h2-14H,15-19H2,1H3,(H2,32,33);2-3H,1H2. The number of hydrogen-bond donors (Lipinski definition) is 1. The molecule has 1 aromatic carbocycles. The van der Waals surface area contributed by atoms with Crippen molar-refractivity contribution in [2.75, 3.05) is 39.0 Å². The lowest BCUT2D eigenvalue weighted by atomic mass is 9.73. The van der Waals surface area contributed by atoms with E-state index in [1.807, 2.05) is 24.4 Å². The van der Waals surface area contributed by atoms with Crippen LogP contribution in [0.15, 0.2) is 91.9 Å². The number of aldehydes is 1. The maximum Gasteiger partial charge on any atom is 0.142 e. The predicted molar refractivity (Wildman–Crippen MR) is 163 cm³/mol. The number of rotatable bonds is 6.